The molecular formula is C16H13Cl2FN2O3S. The van der Waals surface area contributed by atoms with Crippen LogP contribution < -0.4 is 10.0 Å². The molecule has 0 spiro atoms. The molecule has 132 valence electrons. The molecule has 0 bridgehead atoms. The van der Waals surface area contributed by atoms with Gasteiger partial charge in [0.15, 0.2) is 0 Å². The third kappa shape index (κ3) is 4.79. The lowest BCUT2D eigenvalue weighted by Gasteiger charge is -2.10. The number of anilines is 1. The number of rotatable bonds is 6. The highest BCUT2D eigenvalue weighted by Crippen LogP contribution is 2.24. The van der Waals surface area contributed by atoms with Gasteiger partial charge in [0, 0.05) is 17.1 Å². The van der Waals surface area contributed by atoms with Crippen LogP contribution in [-0.4, -0.2) is 20.9 Å². The molecule has 2 aromatic rings. The van der Waals surface area contributed by atoms with E-state index >= 15 is 0 Å². The summed E-state index contributed by atoms with van der Waals surface area (Å²) in [6.45, 7) is 3.42. The number of carbonyl (C=O) groups is 1. The van der Waals surface area contributed by atoms with Crippen LogP contribution in [0.5, 0.6) is 0 Å². The predicted molar refractivity (Wildman–Crippen MR) is 96.2 cm³/mol. The maximum absolute atomic E-state index is 13.8. The second kappa shape index (κ2) is 7.97. The maximum Gasteiger partial charge on any atom is 0.255 e. The maximum atomic E-state index is 13.8. The fraction of sp³-hybridized carbons (Fsp3) is 0.0625. The molecule has 0 fully saturated rings. The van der Waals surface area contributed by atoms with Gasteiger partial charge in [-0.05, 0) is 36.4 Å². The Morgan fingerprint density at radius 3 is 2.56 bits per heavy atom. The zero-order valence-corrected chi connectivity index (χ0v) is 15.1. The number of halogens is 3. The van der Waals surface area contributed by atoms with Gasteiger partial charge in [-0.1, -0.05) is 29.3 Å². The molecule has 0 aromatic heterocycles. The van der Waals surface area contributed by atoms with Crippen molar-refractivity contribution in [3.63, 3.8) is 0 Å². The molecule has 2 N–H and O–H groups in total. The summed E-state index contributed by atoms with van der Waals surface area (Å²) in [5, 5.41) is 2.48. The summed E-state index contributed by atoms with van der Waals surface area (Å²) in [4.78, 5) is 12.0. The molecule has 0 aliphatic heterocycles. The van der Waals surface area contributed by atoms with E-state index in [4.69, 9.17) is 23.2 Å². The molecule has 5 nitrogen and oxygen atoms in total. The van der Waals surface area contributed by atoms with Crippen molar-refractivity contribution < 1.29 is 17.6 Å². The van der Waals surface area contributed by atoms with Crippen molar-refractivity contribution in [2.24, 2.45) is 0 Å². The molecule has 0 saturated carbocycles. The van der Waals surface area contributed by atoms with Crippen molar-refractivity contribution in [3.8, 4) is 0 Å². The number of amides is 1. The number of hydrogen-bond acceptors (Lipinski definition) is 3. The number of benzene rings is 2. The highest BCUT2D eigenvalue weighted by molar-refractivity contribution is 7.89. The van der Waals surface area contributed by atoms with Crippen molar-refractivity contribution in [2.45, 2.75) is 4.90 Å². The zero-order valence-electron chi connectivity index (χ0n) is 12.7. The van der Waals surface area contributed by atoms with Crippen LogP contribution >= 0.6 is 23.2 Å². The normalized spacial score (nSPS) is 11.2. The highest BCUT2D eigenvalue weighted by Gasteiger charge is 2.20. The van der Waals surface area contributed by atoms with Crippen LogP contribution in [0.1, 0.15) is 10.4 Å². The monoisotopic (exact) mass is 402 g/mol. The molecule has 2 rings (SSSR count). The minimum absolute atomic E-state index is 0.00210. The van der Waals surface area contributed by atoms with Crippen LogP contribution in [0, 0.1) is 5.82 Å². The van der Waals surface area contributed by atoms with Gasteiger partial charge in [-0.15, -0.1) is 6.58 Å². The fourth-order valence-corrected chi connectivity index (χ4v) is 3.56. The van der Waals surface area contributed by atoms with Crippen molar-refractivity contribution >= 4 is 44.8 Å². The Morgan fingerprint density at radius 2 is 1.92 bits per heavy atom. The number of hydrogen-bond donors (Lipinski definition) is 2. The van der Waals surface area contributed by atoms with Gasteiger partial charge >= 0.3 is 0 Å². The molecule has 0 aliphatic rings. The minimum atomic E-state index is -3.92. The Bertz CT molecular complexity index is 933. The van der Waals surface area contributed by atoms with Crippen molar-refractivity contribution in [2.75, 3.05) is 11.9 Å². The van der Waals surface area contributed by atoms with Crippen molar-refractivity contribution in [3.05, 3.63) is 70.5 Å². The Hall–Kier alpha value is -1.93. The molecule has 1 amide bonds. The average molecular weight is 403 g/mol. The first-order valence-corrected chi connectivity index (χ1v) is 9.15. The van der Waals surface area contributed by atoms with Crippen LogP contribution in [-0.2, 0) is 10.0 Å². The van der Waals surface area contributed by atoms with Gasteiger partial charge in [-0.3, -0.25) is 4.79 Å². The largest absolute Gasteiger partial charge is 0.319 e. The summed E-state index contributed by atoms with van der Waals surface area (Å²) < 4.78 is 40.4. The van der Waals surface area contributed by atoms with Crippen LogP contribution in [0.15, 0.2) is 53.9 Å². The second-order valence-corrected chi connectivity index (χ2v) is 7.44. The second-order valence-electron chi connectivity index (χ2n) is 4.86. The van der Waals surface area contributed by atoms with Gasteiger partial charge in [-0.2, -0.15) is 0 Å². The van der Waals surface area contributed by atoms with E-state index in [0.29, 0.717) is 0 Å². The zero-order chi connectivity index (χ0) is 18.6. The third-order valence-electron chi connectivity index (χ3n) is 3.08. The first-order chi connectivity index (χ1) is 11.7. The lowest BCUT2D eigenvalue weighted by molar-refractivity contribution is 0.102. The van der Waals surface area contributed by atoms with Crippen LogP contribution in [0.3, 0.4) is 0 Å². The molecule has 2 aromatic carbocycles. The van der Waals surface area contributed by atoms with Crippen molar-refractivity contribution in [1.29, 1.82) is 0 Å². The van der Waals surface area contributed by atoms with E-state index in [1.807, 2.05) is 0 Å². The summed E-state index contributed by atoms with van der Waals surface area (Å²) in [6, 6.07) is 7.48. The number of sulfonamides is 1. The molecule has 9 heteroatoms. The van der Waals surface area contributed by atoms with E-state index in [0.717, 1.165) is 12.1 Å². The smallest absolute Gasteiger partial charge is 0.255 e. The molecule has 25 heavy (non-hydrogen) atoms. The van der Waals surface area contributed by atoms with E-state index in [1.165, 1.54) is 30.3 Å². The Balaban J connectivity index is 2.32. The fourth-order valence-electron chi connectivity index (χ4n) is 1.88. The molecule has 0 unspecified atom stereocenters. The highest BCUT2D eigenvalue weighted by atomic mass is 35.5. The summed E-state index contributed by atoms with van der Waals surface area (Å²) in [5.41, 5.74) is -0.0868. The lowest BCUT2D eigenvalue weighted by Crippen LogP contribution is -2.24. The topological polar surface area (TPSA) is 75.3 Å². The van der Waals surface area contributed by atoms with E-state index in [2.05, 4.69) is 16.6 Å². The molecule has 0 heterocycles. The van der Waals surface area contributed by atoms with E-state index in [-0.39, 0.29) is 32.7 Å². The van der Waals surface area contributed by atoms with Gasteiger partial charge in [0.05, 0.1) is 10.7 Å². The summed E-state index contributed by atoms with van der Waals surface area (Å²) in [7, 11) is -3.92. The minimum Gasteiger partial charge on any atom is -0.319 e. The first kappa shape index (κ1) is 19.4. The van der Waals surface area contributed by atoms with E-state index in [9.17, 15) is 17.6 Å². The molecule has 0 radical (unpaired) electrons. The third-order valence-corrected chi connectivity index (χ3v) is 5.22. The molecular weight excluding hydrogens is 390 g/mol. The van der Waals surface area contributed by atoms with Crippen LogP contribution in [0.2, 0.25) is 10.0 Å². The standard InChI is InChI=1S/C16H13Cl2FN2O3S/c1-2-7-20-25(23,24)15-8-10(3-5-12(15)18)16(22)21-14-6-4-11(17)9-13(14)19/h2-6,8-9,20H,1,7H2,(H,21,22). The SMILES string of the molecule is C=CCNS(=O)(=O)c1cc(C(=O)Nc2ccc(Cl)cc2F)ccc1Cl. The average Bonchev–Trinajstić information content (AvgIpc) is 2.55. The Kier molecular flexibility index (Phi) is 6.18. The molecule has 0 aliphatic carbocycles. The van der Waals surface area contributed by atoms with E-state index < -0.39 is 21.7 Å². The predicted octanol–water partition coefficient (Wildman–Crippen LogP) is 3.85. The quantitative estimate of drug-likeness (QED) is 0.720. The summed E-state index contributed by atoms with van der Waals surface area (Å²) in [6.07, 6.45) is 1.37. The Morgan fingerprint density at radius 1 is 1.20 bits per heavy atom. The van der Waals surface area contributed by atoms with Crippen molar-refractivity contribution in [1.82, 2.24) is 4.72 Å². The van der Waals surface area contributed by atoms with Crippen LogP contribution in [0.25, 0.3) is 0 Å². The molecule has 0 saturated heterocycles. The number of nitrogens with one attached hydrogen (secondary N) is 2. The van der Waals surface area contributed by atoms with Gasteiger partial charge in [-0.25, -0.2) is 17.5 Å². The lowest BCUT2D eigenvalue weighted by atomic mass is 10.2. The number of carbonyl (C=O) groups excluding carboxylic acids is 1. The van der Waals surface area contributed by atoms with Gasteiger partial charge in [0.2, 0.25) is 10.0 Å². The van der Waals surface area contributed by atoms with Gasteiger partial charge in [0.1, 0.15) is 10.7 Å². The van der Waals surface area contributed by atoms with Gasteiger partial charge in [0.25, 0.3) is 5.91 Å². The molecule has 0 atom stereocenters. The van der Waals surface area contributed by atoms with Crippen LogP contribution in [0.4, 0.5) is 10.1 Å². The Labute approximate surface area is 154 Å². The first-order valence-electron chi connectivity index (χ1n) is 6.91. The van der Waals surface area contributed by atoms with E-state index in [1.54, 1.807) is 0 Å². The van der Waals surface area contributed by atoms with Gasteiger partial charge < -0.3 is 5.32 Å². The summed E-state index contributed by atoms with van der Waals surface area (Å²) >= 11 is 11.6. The summed E-state index contributed by atoms with van der Waals surface area (Å²) in [5.74, 6) is -1.41.